The molecule has 1 aliphatic carbocycles. The highest BCUT2D eigenvalue weighted by atomic mass is 32.2. The Balaban J connectivity index is 1.93. The smallest absolute Gasteiger partial charge is 0.240 e. The predicted molar refractivity (Wildman–Crippen MR) is 60.6 cm³/mol. The molecule has 6 heteroatoms. The normalized spacial score (nSPS) is 31.4. The van der Waals surface area contributed by atoms with Crippen LogP contribution < -0.4 is 11.1 Å². The van der Waals surface area contributed by atoms with Crippen molar-refractivity contribution in [1.82, 2.24) is 5.32 Å². The van der Waals surface area contributed by atoms with E-state index in [4.69, 9.17) is 5.73 Å². The summed E-state index contributed by atoms with van der Waals surface area (Å²) in [5.41, 5.74) is 5.23. The highest BCUT2D eigenvalue weighted by Crippen LogP contribution is 2.27. The average Bonchev–Trinajstić information content (AvgIpc) is 2.74. The van der Waals surface area contributed by atoms with Crippen molar-refractivity contribution in [3.05, 3.63) is 0 Å². The molecule has 1 saturated heterocycles. The number of nitrogens with two attached hydrogens (primary N) is 1. The summed E-state index contributed by atoms with van der Waals surface area (Å²) >= 11 is 0. The highest BCUT2D eigenvalue weighted by molar-refractivity contribution is 7.91. The van der Waals surface area contributed by atoms with Crippen LogP contribution in [0.15, 0.2) is 0 Å². The van der Waals surface area contributed by atoms with Crippen molar-refractivity contribution >= 4 is 15.7 Å². The van der Waals surface area contributed by atoms with Crippen molar-refractivity contribution in [2.75, 3.05) is 11.5 Å². The number of rotatable bonds is 2. The third-order valence-corrected chi connectivity index (χ3v) is 5.28. The van der Waals surface area contributed by atoms with Crippen LogP contribution in [0.25, 0.3) is 0 Å². The Morgan fingerprint density at radius 1 is 1.31 bits per heavy atom. The number of sulfone groups is 1. The van der Waals surface area contributed by atoms with Crippen molar-refractivity contribution in [3.8, 4) is 0 Å². The van der Waals surface area contributed by atoms with Crippen LogP contribution >= 0.6 is 0 Å². The van der Waals surface area contributed by atoms with Crippen molar-refractivity contribution in [1.29, 1.82) is 0 Å². The van der Waals surface area contributed by atoms with Gasteiger partial charge in [0.1, 0.15) is 0 Å². The summed E-state index contributed by atoms with van der Waals surface area (Å²) in [5.74, 6) is 0.0664. The van der Waals surface area contributed by atoms with Crippen LogP contribution in [0.4, 0.5) is 0 Å². The molecule has 0 radical (unpaired) electrons. The van der Waals surface area contributed by atoms with Crippen molar-refractivity contribution in [2.24, 2.45) is 5.73 Å². The van der Waals surface area contributed by atoms with Crippen LogP contribution in [0.1, 0.15) is 32.1 Å². The Kier molecular flexibility index (Phi) is 2.96. The molecule has 0 spiro atoms. The Bertz CT molecular complexity index is 385. The van der Waals surface area contributed by atoms with Gasteiger partial charge in [0.05, 0.1) is 17.0 Å². The van der Waals surface area contributed by atoms with Gasteiger partial charge in [0.2, 0.25) is 5.91 Å². The highest BCUT2D eigenvalue weighted by Gasteiger charge is 2.39. The summed E-state index contributed by atoms with van der Waals surface area (Å²) in [5, 5.41) is 2.77. The minimum Gasteiger partial charge on any atom is -0.351 e. The lowest BCUT2D eigenvalue weighted by atomic mass is 9.97. The minimum absolute atomic E-state index is 0.0643. The third-order valence-electron chi connectivity index (χ3n) is 3.52. The van der Waals surface area contributed by atoms with E-state index in [-0.39, 0.29) is 23.5 Å². The van der Waals surface area contributed by atoms with E-state index in [1.807, 2.05) is 0 Å². The number of amides is 1. The predicted octanol–water partition coefficient (Wildman–Crippen LogP) is -0.439. The molecule has 0 aromatic rings. The van der Waals surface area contributed by atoms with E-state index in [1.165, 1.54) is 0 Å². The Morgan fingerprint density at radius 3 is 2.44 bits per heavy atom. The van der Waals surface area contributed by atoms with Crippen LogP contribution in [0.3, 0.4) is 0 Å². The second-order valence-corrected chi connectivity index (χ2v) is 7.17. The quantitative estimate of drug-likeness (QED) is 0.691. The fourth-order valence-corrected chi connectivity index (χ4v) is 4.14. The molecule has 92 valence electrons. The van der Waals surface area contributed by atoms with E-state index < -0.39 is 15.4 Å². The van der Waals surface area contributed by atoms with E-state index >= 15 is 0 Å². The second kappa shape index (κ2) is 4.00. The summed E-state index contributed by atoms with van der Waals surface area (Å²) in [7, 11) is -2.94. The zero-order valence-corrected chi connectivity index (χ0v) is 10.1. The number of hydrogen-bond donors (Lipinski definition) is 2. The average molecular weight is 246 g/mol. The van der Waals surface area contributed by atoms with Gasteiger partial charge < -0.3 is 11.1 Å². The molecule has 1 amide bonds. The topological polar surface area (TPSA) is 89.3 Å². The lowest BCUT2D eigenvalue weighted by Crippen LogP contribution is -2.54. The first-order valence-corrected chi connectivity index (χ1v) is 7.54. The van der Waals surface area contributed by atoms with Gasteiger partial charge in [-0.25, -0.2) is 8.42 Å². The van der Waals surface area contributed by atoms with Gasteiger partial charge in [-0.15, -0.1) is 0 Å². The number of carbonyl (C=O) groups is 1. The van der Waals surface area contributed by atoms with Crippen LogP contribution in [0.5, 0.6) is 0 Å². The van der Waals surface area contributed by atoms with E-state index in [1.54, 1.807) is 0 Å². The Morgan fingerprint density at radius 2 is 1.94 bits per heavy atom. The van der Waals surface area contributed by atoms with Crippen LogP contribution in [-0.2, 0) is 14.6 Å². The van der Waals surface area contributed by atoms with Crippen molar-refractivity contribution < 1.29 is 13.2 Å². The molecule has 0 aromatic heterocycles. The third kappa shape index (κ3) is 2.38. The minimum atomic E-state index is -2.94. The maximum atomic E-state index is 11.9. The molecule has 1 unspecified atom stereocenters. The SMILES string of the molecule is NC1(C(=O)NC2CCS(=O)(=O)C2)CCCC1. The maximum Gasteiger partial charge on any atom is 0.240 e. The molecule has 0 bridgehead atoms. The van der Waals surface area contributed by atoms with Gasteiger partial charge in [-0.2, -0.15) is 0 Å². The standard InChI is InChI=1S/C10H18N2O3S/c11-10(4-1-2-5-10)9(13)12-8-3-6-16(14,15)7-8/h8H,1-7,11H2,(H,12,13). The molecule has 3 N–H and O–H groups in total. The van der Waals surface area contributed by atoms with Crippen LogP contribution in [0.2, 0.25) is 0 Å². The van der Waals surface area contributed by atoms with E-state index in [0.717, 1.165) is 12.8 Å². The molecular formula is C10H18N2O3S. The molecule has 16 heavy (non-hydrogen) atoms. The fraction of sp³-hybridized carbons (Fsp3) is 0.900. The summed E-state index contributed by atoms with van der Waals surface area (Å²) in [6.45, 7) is 0. The second-order valence-electron chi connectivity index (χ2n) is 4.94. The van der Waals surface area contributed by atoms with Crippen LogP contribution in [0, 0.1) is 0 Å². The first kappa shape index (κ1) is 11.9. The Hall–Kier alpha value is -0.620. The first-order valence-electron chi connectivity index (χ1n) is 5.72. The Labute approximate surface area is 95.7 Å². The van der Waals surface area contributed by atoms with E-state index in [0.29, 0.717) is 19.3 Å². The summed E-state index contributed by atoms with van der Waals surface area (Å²) in [6.07, 6.45) is 3.89. The molecule has 2 rings (SSSR count). The molecule has 1 aliphatic heterocycles. The van der Waals surface area contributed by atoms with Gasteiger partial charge >= 0.3 is 0 Å². The van der Waals surface area contributed by atoms with Gasteiger partial charge in [0.15, 0.2) is 9.84 Å². The van der Waals surface area contributed by atoms with Gasteiger partial charge in [-0.05, 0) is 19.3 Å². The largest absolute Gasteiger partial charge is 0.351 e. The molecule has 0 aromatic carbocycles. The zero-order valence-electron chi connectivity index (χ0n) is 9.24. The van der Waals surface area contributed by atoms with Crippen LogP contribution in [-0.4, -0.2) is 37.4 Å². The van der Waals surface area contributed by atoms with E-state index in [2.05, 4.69) is 5.32 Å². The van der Waals surface area contributed by atoms with Gasteiger partial charge in [-0.1, -0.05) is 12.8 Å². The molecule has 2 fully saturated rings. The molecule has 1 heterocycles. The summed E-state index contributed by atoms with van der Waals surface area (Å²) in [6, 6.07) is -0.237. The van der Waals surface area contributed by atoms with Gasteiger partial charge in [0, 0.05) is 6.04 Å². The number of nitrogens with one attached hydrogen (secondary N) is 1. The summed E-state index contributed by atoms with van der Waals surface area (Å²) < 4.78 is 22.5. The lowest BCUT2D eigenvalue weighted by Gasteiger charge is -2.24. The monoisotopic (exact) mass is 246 g/mol. The molecular weight excluding hydrogens is 228 g/mol. The van der Waals surface area contributed by atoms with Gasteiger partial charge in [-0.3, -0.25) is 4.79 Å². The number of carbonyl (C=O) groups excluding carboxylic acids is 1. The maximum absolute atomic E-state index is 11.9. The lowest BCUT2D eigenvalue weighted by molar-refractivity contribution is -0.126. The van der Waals surface area contributed by atoms with Crippen molar-refractivity contribution in [3.63, 3.8) is 0 Å². The fourth-order valence-electron chi connectivity index (χ4n) is 2.47. The molecule has 2 aliphatic rings. The van der Waals surface area contributed by atoms with Gasteiger partial charge in [0.25, 0.3) is 0 Å². The first-order chi connectivity index (χ1) is 7.41. The molecule has 1 saturated carbocycles. The zero-order chi connectivity index (χ0) is 11.8. The number of hydrogen-bond acceptors (Lipinski definition) is 4. The van der Waals surface area contributed by atoms with E-state index in [9.17, 15) is 13.2 Å². The summed E-state index contributed by atoms with van der Waals surface area (Å²) in [4.78, 5) is 11.9. The van der Waals surface area contributed by atoms with Crippen molar-refractivity contribution in [2.45, 2.75) is 43.7 Å². The molecule has 5 nitrogen and oxygen atoms in total. The molecule has 1 atom stereocenters.